The normalized spacial score (nSPS) is 11.9. The molecule has 0 bridgehead atoms. The van der Waals surface area contributed by atoms with Crippen LogP contribution in [0.15, 0.2) is 46.1 Å². The highest BCUT2D eigenvalue weighted by Crippen LogP contribution is 2.07. The average Bonchev–Trinajstić information content (AvgIpc) is 2.19. The lowest BCUT2D eigenvalue weighted by Crippen LogP contribution is -1.91. The number of carbonyl (C=O) groups is 1. The van der Waals surface area contributed by atoms with E-state index in [0.717, 1.165) is 5.56 Å². The van der Waals surface area contributed by atoms with Gasteiger partial charge in [0.2, 0.25) is 0 Å². The molecular weight excluding hydrogens is 291 g/mol. The zero-order valence-corrected chi connectivity index (χ0v) is 9.51. The van der Waals surface area contributed by atoms with Crippen LogP contribution in [0, 0.1) is 0 Å². The van der Waals surface area contributed by atoms with Gasteiger partial charge in [-0.3, -0.25) is 0 Å². The maximum atomic E-state index is 10.4. The molecule has 1 aromatic rings. The molecule has 0 radical (unpaired) electrons. The summed E-state index contributed by atoms with van der Waals surface area (Å²) in [5.74, 6) is -0.900. The zero-order chi connectivity index (χ0) is 10.4. The Balaban J connectivity index is 2.66. The van der Waals surface area contributed by atoms with Crippen LogP contribution in [-0.4, -0.2) is 11.1 Å². The largest absolute Gasteiger partial charge is 0.477 e. The van der Waals surface area contributed by atoms with E-state index < -0.39 is 5.97 Å². The van der Waals surface area contributed by atoms with Gasteiger partial charge in [-0.15, -0.1) is 0 Å². The molecular formula is C11H9IO2. The van der Waals surface area contributed by atoms with Gasteiger partial charge in [0, 0.05) is 0 Å². The highest BCUT2D eigenvalue weighted by Gasteiger charge is 1.97. The maximum absolute atomic E-state index is 10.4. The predicted octanol–water partition coefficient (Wildman–Crippen LogP) is 3.10. The second-order valence-corrected chi connectivity index (χ2v) is 3.75. The monoisotopic (exact) mass is 300 g/mol. The van der Waals surface area contributed by atoms with Crippen molar-refractivity contribution in [1.82, 2.24) is 0 Å². The number of carboxylic acids is 1. The van der Waals surface area contributed by atoms with Gasteiger partial charge in [0.25, 0.3) is 0 Å². The van der Waals surface area contributed by atoms with Gasteiger partial charge in [0.05, 0.1) is 3.58 Å². The molecule has 0 saturated heterocycles. The lowest BCUT2D eigenvalue weighted by molar-refractivity contribution is -0.131. The summed E-state index contributed by atoms with van der Waals surface area (Å²) >= 11 is 1.78. The minimum Gasteiger partial charge on any atom is -0.477 e. The van der Waals surface area contributed by atoms with Gasteiger partial charge in [-0.05, 0) is 34.2 Å². The number of rotatable bonds is 3. The van der Waals surface area contributed by atoms with Gasteiger partial charge >= 0.3 is 5.97 Å². The molecule has 0 saturated carbocycles. The van der Waals surface area contributed by atoms with Gasteiger partial charge < -0.3 is 5.11 Å². The first-order chi connectivity index (χ1) is 6.70. The van der Waals surface area contributed by atoms with Gasteiger partial charge in [0.15, 0.2) is 0 Å². The van der Waals surface area contributed by atoms with E-state index in [2.05, 4.69) is 0 Å². The van der Waals surface area contributed by atoms with Crippen LogP contribution in [-0.2, 0) is 4.79 Å². The van der Waals surface area contributed by atoms with E-state index in [-0.39, 0.29) is 0 Å². The Morgan fingerprint density at radius 3 is 2.50 bits per heavy atom. The van der Waals surface area contributed by atoms with Crippen molar-refractivity contribution >= 4 is 34.6 Å². The summed E-state index contributed by atoms with van der Waals surface area (Å²) in [5.41, 5.74) is 1.05. The summed E-state index contributed by atoms with van der Waals surface area (Å²) in [6.07, 6.45) is 5.16. The minimum atomic E-state index is -0.900. The highest BCUT2D eigenvalue weighted by atomic mass is 127. The molecule has 0 spiro atoms. The SMILES string of the molecule is O=C(O)C(I)=CC=Cc1ccccc1. The van der Waals surface area contributed by atoms with Gasteiger partial charge in [-0.1, -0.05) is 42.5 Å². The number of hydrogen-bond acceptors (Lipinski definition) is 1. The molecule has 72 valence electrons. The summed E-state index contributed by atoms with van der Waals surface area (Å²) in [6.45, 7) is 0. The third-order valence-electron chi connectivity index (χ3n) is 1.54. The number of benzene rings is 1. The third-order valence-corrected chi connectivity index (χ3v) is 2.36. The molecule has 1 N–H and O–H groups in total. The maximum Gasteiger partial charge on any atom is 0.341 e. The summed E-state index contributed by atoms with van der Waals surface area (Å²) in [6, 6.07) is 9.72. The van der Waals surface area contributed by atoms with E-state index in [4.69, 9.17) is 5.11 Å². The van der Waals surface area contributed by atoms with E-state index >= 15 is 0 Å². The quantitative estimate of drug-likeness (QED) is 0.529. The van der Waals surface area contributed by atoms with Gasteiger partial charge in [-0.25, -0.2) is 4.79 Å². The van der Waals surface area contributed by atoms with Crippen LogP contribution in [0.2, 0.25) is 0 Å². The second-order valence-electron chi connectivity index (χ2n) is 2.59. The smallest absolute Gasteiger partial charge is 0.341 e. The zero-order valence-electron chi connectivity index (χ0n) is 7.35. The van der Waals surface area contributed by atoms with Crippen LogP contribution in [0.5, 0.6) is 0 Å². The molecule has 3 heteroatoms. The lowest BCUT2D eigenvalue weighted by Gasteiger charge is -1.89. The molecule has 2 nitrogen and oxygen atoms in total. The van der Waals surface area contributed by atoms with Gasteiger partial charge in [-0.2, -0.15) is 0 Å². The van der Waals surface area contributed by atoms with E-state index in [1.807, 2.05) is 36.4 Å². The van der Waals surface area contributed by atoms with Crippen LogP contribution in [0.4, 0.5) is 0 Å². The first kappa shape index (κ1) is 11.0. The van der Waals surface area contributed by atoms with Crippen molar-refractivity contribution in [2.75, 3.05) is 0 Å². The number of allylic oxidation sites excluding steroid dienone is 2. The Kier molecular flexibility index (Phi) is 4.39. The fourth-order valence-corrected chi connectivity index (χ4v) is 1.09. The number of aliphatic carboxylic acids is 1. The average molecular weight is 300 g/mol. The second kappa shape index (κ2) is 5.59. The Morgan fingerprint density at radius 2 is 1.93 bits per heavy atom. The summed E-state index contributed by atoms with van der Waals surface area (Å²) in [7, 11) is 0. The fraction of sp³-hybridized carbons (Fsp3) is 0. The molecule has 0 heterocycles. The van der Waals surface area contributed by atoms with E-state index in [1.54, 1.807) is 34.7 Å². The van der Waals surface area contributed by atoms with Crippen molar-refractivity contribution in [2.45, 2.75) is 0 Å². The molecule has 0 amide bonds. The Labute approximate surface area is 96.1 Å². The topological polar surface area (TPSA) is 37.3 Å². The standard InChI is InChI=1S/C11H9IO2/c12-10(11(13)14)8-4-7-9-5-2-1-3-6-9/h1-8H,(H,13,14). The van der Waals surface area contributed by atoms with Crippen LogP contribution in [0.1, 0.15) is 5.56 Å². The van der Waals surface area contributed by atoms with Crippen LogP contribution in [0.3, 0.4) is 0 Å². The van der Waals surface area contributed by atoms with Crippen LogP contribution < -0.4 is 0 Å². The number of carboxylic acid groups (broad SMARTS) is 1. The lowest BCUT2D eigenvalue weighted by atomic mass is 10.2. The van der Waals surface area contributed by atoms with Crippen molar-refractivity contribution in [3.05, 3.63) is 51.6 Å². The first-order valence-corrected chi connectivity index (χ1v) is 5.10. The molecule has 1 aromatic carbocycles. The molecule has 14 heavy (non-hydrogen) atoms. The first-order valence-electron chi connectivity index (χ1n) is 4.02. The molecule has 0 aliphatic carbocycles. The predicted molar refractivity (Wildman–Crippen MR) is 65.2 cm³/mol. The molecule has 0 unspecified atom stereocenters. The summed E-state index contributed by atoms with van der Waals surface area (Å²) in [5, 5.41) is 8.57. The molecule has 0 fully saturated rings. The molecule has 0 aromatic heterocycles. The van der Waals surface area contributed by atoms with E-state index in [1.165, 1.54) is 0 Å². The molecule has 0 atom stereocenters. The van der Waals surface area contributed by atoms with Crippen molar-refractivity contribution < 1.29 is 9.90 Å². The Morgan fingerprint density at radius 1 is 1.29 bits per heavy atom. The molecule has 1 rings (SSSR count). The van der Waals surface area contributed by atoms with Crippen molar-refractivity contribution in [3.8, 4) is 0 Å². The summed E-state index contributed by atoms with van der Waals surface area (Å²) in [4.78, 5) is 10.4. The van der Waals surface area contributed by atoms with Crippen molar-refractivity contribution in [1.29, 1.82) is 0 Å². The fourth-order valence-electron chi connectivity index (χ4n) is 0.879. The van der Waals surface area contributed by atoms with Crippen molar-refractivity contribution in [3.63, 3.8) is 0 Å². The molecule has 0 aliphatic rings. The summed E-state index contributed by atoms with van der Waals surface area (Å²) < 4.78 is 0.301. The minimum absolute atomic E-state index is 0.301. The van der Waals surface area contributed by atoms with Crippen LogP contribution in [0.25, 0.3) is 6.08 Å². The van der Waals surface area contributed by atoms with E-state index in [0.29, 0.717) is 3.58 Å². The van der Waals surface area contributed by atoms with Gasteiger partial charge in [0.1, 0.15) is 0 Å². The number of hydrogen-bond donors (Lipinski definition) is 1. The molecule has 0 aliphatic heterocycles. The highest BCUT2D eigenvalue weighted by molar-refractivity contribution is 14.1. The Bertz CT molecular complexity index is 366. The number of halogens is 1. The Hall–Kier alpha value is -1.10. The third kappa shape index (κ3) is 3.74. The van der Waals surface area contributed by atoms with Crippen molar-refractivity contribution in [2.24, 2.45) is 0 Å². The van der Waals surface area contributed by atoms with E-state index in [9.17, 15) is 4.79 Å². The van der Waals surface area contributed by atoms with Crippen LogP contribution >= 0.6 is 22.6 Å².